The predicted octanol–water partition coefficient (Wildman–Crippen LogP) is 2.90. The van der Waals surface area contributed by atoms with Gasteiger partial charge in [-0.1, -0.05) is 11.2 Å². The molecule has 7 nitrogen and oxygen atoms in total. The number of nitrogens with zero attached hydrogens (tertiary/aromatic N) is 4. The number of anilines is 1. The van der Waals surface area contributed by atoms with E-state index in [2.05, 4.69) is 27.4 Å². The summed E-state index contributed by atoms with van der Waals surface area (Å²) >= 11 is 0. The molecule has 25 heavy (non-hydrogen) atoms. The molecule has 3 rings (SSSR count). The molecule has 1 saturated heterocycles. The summed E-state index contributed by atoms with van der Waals surface area (Å²) in [5.74, 6) is 0.498. The van der Waals surface area contributed by atoms with Gasteiger partial charge < -0.3 is 9.42 Å². The number of carbonyl (C=O) groups excluding carboxylic acids is 1. The summed E-state index contributed by atoms with van der Waals surface area (Å²) in [6.07, 6.45) is 6.38. The molecule has 1 N–H and O–H groups in total. The summed E-state index contributed by atoms with van der Waals surface area (Å²) in [6.45, 7) is 4.18. The Morgan fingerprint density at radius 3 is 3.00 bits per heavy atom. The molecule has 1 unspecified atom stereocenters. The first-order valence-electron chi connectivity index (χ1n) is 8.70. The number of aromatic nitrogens is 2. The lowest BCUT2D eigenvalue weighted by atomic mass is 10.1. The van der Waals surface area contributed by atoms with E-state index in [4.69, 9.17) is 4.52 Å². The topological polar surface area (TPSA) is 74.5 Å². The SMILES string of the molecule is Cc1conc1NC(=O)N1CCCC(N(C)Cc2ccccn2)CC1. The molecule has 1 fully saturated rings. The third-order valence-corrected chi connectivity index (χ3v) is 4.72. The second-order valence-corrected chi connectivity index (χ2v) is 6.58. The Kier molecular flexibility index (Phi) is 5.65. The fourth-order valence-electron chi connectivity index (χ4n) is 3.19. The molecule has 0 bridgehead atoms. The standard InChI is InChI=1S/C18H25N5O2/c1-14-13-25-21-17(14)20-18(24)23-10-5-7-16(8-11-23)22(2)12-15-6-3-4-9-19-15/h3-4,6,9,13,16H,5,7-8,10-12H2,1-2H3,(H,20,21,24). The summed E-state index contributed by atoms with van der Waals surface area (Å²) in [6, 6.07) is 6.34. The smallest absolute Gasteiger partial charge is 0.323 e. The second-order valence-electron chi connectivity index (χ2n) is 6.58. The summed E-state index contributed by atoms with van der Waals surface area (Å²) in [7, 11) is 2.13. The Morgan fingerprint density at radius 1 is 1.40 bits per heavy atom. The van der Waals surface area contributed by atoms with Gasteiger partial charge in [0.25, 0.3) is 0 Å². The second kappa shape index (κ2) is 8.11. The molecule has 0 spiro atoms. The monoisotopic (exact) mass is 343 g/mol. The average Bonchev–Trinajstić information content (AvgIpc) is 2.87. The molecule has 2 aromatic rings. The first-order valence-corrected chi connectivity index (χ1v) is 8.70. The van der Waals surface area contributed by atoms with Crippen molar-refractivity contribution in [2.24, 2.45) is 0 Å². The molecule has 0 saturated carbocycles. The van der Waals surface area contributed by atoms with E-state index in [1.165, 1.54) is 6.26 Å². The fourth-order valence-corrected chi connectivity index (χ4v) is 3.19. The molecule has 3 heterocycles. The fraction of sp³-hybridized carbons (Fsp3) is 0.500. The van der Waals surface area contributed by atoms with Crippen molar-refractivity contribution < 1.29 is 9.32 Å². The van der Waals surface area contributed by atoms with Crippen molar-refractivity contribution in [2.45, 2.75) is 38.8 Å². The zero-order valence-electron chi connectivity index (χ0n) is 14.8. The van der Waals surface area contributed by atoms with Crippen molar-refractivity contribution in [3.8, 4) is 0 Å². The van der Waals surface area contributed by atoms with E-state index < -0.39 is 0 Å². The van der Waals surface area contributed by atoms with E-state index in [0.29, 0.717) is 11.9 Å². The molecule has 134 valence electrons. The Morgan fingerprint density at radius 2 is 2.28 bits per heavy atom. The number of hydrogen-bond acceptors (Lipinski definition) is 5. The third kappa shape index (κ3) is 4.57. The highest BCUT2D eigenvalue weighted by molar-refractivity contribution is 5.88. The molecule has 0 aromatic carbocycles. The molecule has 2 aromatic heterocycles. The quantitative estimate of drug-likeness (QED) is 0.924. The normalized spacial score (nSPS) is 18.2. The van der Waals surface area contributed by atoms with Crippen LogP contribution in [0.2, 0.25) is 0 Å². The van der Waals surface area contributed by atoms with Gasteiger partial charge in [0.1, 0.15) is 6.26 Å². The van der Waals surface area contributed by atoms with Gasteiger partial charge in [-0.15, -0.1) is 0 Å². The van der Waals surface area contributed by atoms with Crippen molar-refractivity contribution in [2.75, 3.05) is 25.5 Å². The van der Waals surface area contributed by atoms with Gasteiger partial charge in [0.15, 0.2) is 5.82 Å². The zero-order valence-corrected chi connectivity index (χ0v) is 14.8. The number of carbonyl (C=O) groups is 1. The Bertz CT molecular complexity index is 688. The summed E-state index contributed by atoms with van der Waals surface area (Å²) in [4.78, 5) is 21.0. The van der Waals surface area contributed by atoms with Crippen molar-refractivity contribution in [3.05, 3.63) is 41.9 Å². The predicted molar refractivity (Wildman–Crippen MR) is 95.2 cm³/mol. The highest BCUT2D eigenvalue weighted by atomic mass is 16.5. The number of rotatable bonds is 4. The minimum absolute atomic E-state index is 0.106. The van der Waals surface area contributed by atoms with Crippen LogP contribution in [0.25, 0.3) is 0 Å². The number of pyridine rings is 1. The van der Waals surface area contributed by atoms with Crippen molar-refractivity contribution >= 4 is 11.8 Å². The molecular weight excluding hydrogens is 318 g/mol. The minimum Gasteiger partial charge on any atom is -0.362 e. The van der Waals surface area contributed by atoms with E-state index in [1.807, 2.05) is 36.2 Å². The van der Waals surface area contributed by atoms with Crippen LogP contribution >= 0.6 is 0 Å². The number of amides is 2. The van der Waals surface area contributed by atoms with Crippen LogP contribution in [0.1, 0.15) is 30.5 Å². The molecule has 1 aliphatic rings. The maximum absolute atomic E-state index is 12.4. The van der Waals surface area contributed by atoms with Gasteiger partial charge in [-0.2, -0.15) is 0 Å². The Balaban J connectivity index is 1.53. The summed E-state index contributed by atoms with van der Waals surface area (Å²) in [5, 5.41) is 6.65. The highest BCUT2D eigenvalue weighted by Crippen LogP contribution is 2.19. The molecule has 2 amide bonds. The molecule has 0 aliphatic carbocycles. The van der Waals surface area contributed by atoms with Gasteiger partial charge in [-0.05, 0) is 45.4 Å². The number of hydrogen-bond donors (Lipinski definition) is 1. The lowest BCUT2D eigenvalue weighted by Gasteiger charge is -2.27. The number of nitrogens with one attached hydrogen (secondary N) is 1. The van der Waals surface area contributed by atoms with Gasteiger partial charge in [0, 0.05) is 37.4 Å². The molecule has 0 radical (unpaired) electrons. The van der Waals surface area contributed by atoms with Gasteiger partial charge in [0.2, 0.25) is 0 Å². The lowest BCUT2D eigenvalue weighted by molar-refractivity contribution is 0.200. The van der Waals surface area contributed by atoms with Crippen LogP contribution in [0, 0.1) is 6.92 Å². The van der Waals surface area contributed by atoms with Crippen LogP contribution in [0.5, 0.6) is 0 Å². The van der Waals surface area contributed by atoms with Gasteiger partial charge in [0.05, 0.1) is 5.69 Å². The maximum atomic E-state index is 12.4. The van der Waals surface area contributed by atoms with E-state index in [-0.39, 0.29) is 6.03 Å². The van der Waals surface area contributed by atoms with Crippen molar-refractivity contribution in [3.63, 3.8) is 0 Å². The Labute approximate surface area is 148 Å². The van der Waals surface area contributed by atoms with Gasteiger partial charge in [-0.3, -0.25) is 15.2 Å². The van der Waals surface area contributed by atoms with Crippen LogP contribution in [-0.2, 0) is 6.54 Å². The number of likely N-dealkylation sites (tertiary alicyclic amines) is 1. The van der Waals surface area contributed by atoms with E-state index >= 15 is 0 Å². The zero-order chi connectivity index (χ0) is 17.6. The van der Waals surface area contributed by atoms with Gasteiger partial charge in [-0.25, -0.2) is 4.79 Å². The van der Waals surface area contributed by atoms with E-state index in [0.717, 1.165) is 50.2 Å². The van der Waals surface area contributed by atoms with Crippen LogP contribution in [-0.4, -0.2) is 52.2 Å². The van der Waals surface area contributed by atoms with Crippen LogP contribution in [0.15, 0.2) is 35.2 Å². The number of aryl methyl sites for hydroxylation is 1. The van der Waals surface area contributed by atoms with Gasteiger partial charge >= 0.3 is 6.03 Å². The summed E-state index contributed by atoms with van der Waals surface area (Å²) < 4.78 is 4.87. The Hall–Kier alpha value is -2.41. The van der Waals surface area contributed by atoms with E-state index in [9.17, 15) is 4.79 Å². The highest BCUT2D eigenvalue weighted by Gasteiger charge is 2.24. The van der Waals surface area contributed by atoms with Crippen LogP contribution < -0.4 is 5.32 Å². The average molecular weight is 343 g/mol. The minimum atomic E-state index is -0.106. The van der Waals surface area contributed by atoms with Crippen molar-refractivity contribution in [1.82, 2.24) is 19.9 Å². The third-order valence-electron chi connectivity index (χ3n) is 4.72. The van der Waals surface area contributed by atoms with Crippen LogP contribution in [0.4, 0.5) is 10.6 Å². The lowest BCUT2D eigenvalue weighted by Crippen LogP contribution is -2.37. The number of urea groups is 1. The maximum Gasteiger partial charge on any atom is 0.323 e. The van der Waals surface area contributed by atoms with E-state index in [1.54, 1.807) is 0 Å². The largest absolute Gasteiger partial charge is 0.362 e. The first-order chi connectivity index (χ1) is 12.1. The molecule has 7 heteroatoms. The molecule has 1 aliphatic heterocycles. The summed E-state index contributed by atoms with van der Waals surface area (Å²) in [5.41, 5.74) is 1.90. The van der Waals surface area contributed by atoms with Crippen molar-refractivity contribution in [1.29, 1.82) is 0 Å². The molecule has 1 atom stereocenters. The van der Waals surface area contributed by atoms with Crippen LogP contribution in [0.3, 0.4) is 0 Å². The first kappa shape index (κ1) is 17.4. The molecular formula is C18H25N5O2.